The molecule has 0 aliphatic carbocycles. The van der Waals surface area contributed by atoms with E-state index in [1.807, 2.05) is 44.2 Å². The SMILES string of the molecule is CC(C)CC(CO)NC(=O)c1ncn(-c2ccccc2)n1. The molecule has 0 spiro atoms. The average molecular weight is 288 g/mol. The summed E-state index contributed by atoms with van der Waals surface area (Å²) in [5.74, 6) is 0.114. The van der Waals surface area contributed by atoms with Gasteiger partial charge in [-0.25, -0.2) is 9.67 Å². The van der Waals surface area contributed by atoms with Crippen molar-refractivity contribution in [2.75, 3.05) is 6.61 Å². The van der Waals surface area contributed by atoms with Crippen LogP contribution in [0.1, 0.15) is 30.9 Å². The van der Waals surface area contributed by atoms with Gasteiger partial charge >= 0.3 is 0 Å². The Morgan fingerprint density at radius 2 is 2.05 bits per heavy atom. The summed E-state index contributed by atoms with van der Waals surface area (Å²) in [5.41, 5.74) is 0.838. The van der Waals surface area contributed by atoms with Crippen LogP contribution in [0.15, 0.2) is 36.7 Å². The van der Waals surface area contributed by atoms with Crippen molar-refractivity contribution in [2.45, 2.75) is 26.3 Å². The summed E-state index contributed by atoms with van der Waals surface area (Å²) in [5, 5.41) is 16.2. The van der Waals surface area contributed by atoms with Crippen LogP contribution < -0.4 is 5.32 Å². The summed E-state index contributed by atoms with van der Waals surface area (Å²) < 4.78 is 1.55. The standard InChI is InChI=1S/C15H20N4O2/c1-11(2)8-12(9-20)17-15(21)14-16-10-19(18-14)13-6-4-3-5-7-13/h3-7,10-12,20H,8-9H2,1-2H3,(H,17,21). The molecule has 0 fully saturated rings. The van der Waals surface area contributed by atoms with Gasteiger partial charge in [0.2, 0.25) is 5.82 Å². The van der Waals surface area contributed by atoms with Crippen molar-refractivity contribution in [2.24, 2.45) is 5.92 Å². The molecular weight excluding hydrogens is 268 g/mol. The van der Waals surface area contributed by atoms with E-state index in [1.54, 1.807) is 4.68 Å². The Kier molecular flexibility index (Phi) is 5.05. The van der Waals surface area contributed by atoms with E-state index in [2.05, 4.69) is 15.4 Å². The van der Waals surface area contributed by atoms with E-state index >= 15 is 0 Å². The molecule has 1 unspecified atom stereocenters. The number of aliphatic hydroxyl groups is 1. The number of amides is 1. The lowest BCUT2D eigenvalue weighted by molar-refractivity contribution is 0.0898. The van der Waals surface area contributed by atoms with Crippen molar-refractivity contribution < 1.29 is 9.90 Å². The molecule has 2 aromatic rings. The number of hydrogen-bond donors (Lipinski definition) is 2. The third-order valence-electron chi connectivity index (χ3n) is 3.03. The van der Waals surface area contributed by atoms with E-state index in [-0.39, 0.29) is 24.4 Å². The second-order valence-electron chi connectivity index (χ2n) is 5.33. The third kappa shape index (κ3) is 4.13. The largest absolute Gasteiger partial charge is 0.394 e. The molecule has 0 aliphatic rings. The van der Waals surface area contributed by atoms with Gasteiger partial charge in [-0.15, -0.1) is 5.10 Å². The molecule has 0 aliphatic heterocycles. The van der Waals surface area contributed by atoms with Gasteiger partial charge in [-0.05, 0) is 24.5 Å². The fraction of sp³-hybridized carbons (Fsp3) is 0.400. The molecule has 1 aromatic carbocycles. The Morgan fingerprint density at radius 3 is 2.67 bits per heavy atom. The van der Waals surface area contributed by atoms with Crippen LogP contribution in [-0.4, -0.2) is 38.4 Å². The maximum absolute atomic E-state index is 12.1. The van der Waals surface area contributed by atoms with Crippen LogP contribution in [-0.2, 0) is 0 Å². The Labute approximate surface area is 123 Å². The minimum absolute atomic E-state index is 0.0939. The van der Waals surface area contributed by atoms with Gasteiger partial charge in [-0.1, -0.05) is 32.0 Å². The first-order chi connectivity index (χ1) is 10.1. The van der Waals surface area contributed by atoms with Crippen molar-refractivity contribution in [1.29, 1.82) is 0 Å². The van der Waals surface area contributed by atoms with Crippen LogP contribution in [0, 0.1) is 5.92 Å². The highest BCUT2D eigenvalue weighted by atomic mass is 16.3. The highest BCUT2D eigenvalue weighted by molar-refractivity contribution is 5.90. The molecule has 1 heterocycles. The molecule has 112 valence electrons. The van der Waals surface area contributed by atoms with Crippen LogP contribution in [0.2, 0.25) is 0 Å². The zero-order chi connectivity index (χ0) is 15.2. The lowest BCUT2D eigenvalue weighted by atomic mass is 10.0. The lowest BCUT2D eigenvalue weighted by Crippen LogP contribution is -2.39. The molecule has 2 N–H and O–H groups in total. The summed E-state index contributed by atoms with van der Waals surface area (Å²) in [6, 6.07) is 9.17. The molecule has 21 heavy (non-hydrogen) atoms. The molecule has 0 bridgehead atoms. The number of carbonyl (C=O) groups excluding carboxylic acids is 1. The van der Waals surface area contributed by atoms with Crippen molar-refractivity contribution in [3.05, 3.63) is 42.5 Å². The van der Waals surface area contributed by atoms with Crippen molar-refractivity contribution in [3.8, 4) is 5.69 Å². The second-order valence-corrected chi connectivity index (χ2v) is 5.33. The van der Waals surface area contributed by atoms with E-state index in [1.165, 1.54) is 6.33 Å². The number of nitrogens with one attached hydrogen (secondary N) is 1. The third-order valence-corrected chi connectivity index (χ3v) is 3.03. The van der Waals surface area contributed by atoms with E-state index in [0.29, 0.717) is 12.3 Å². The molecule has 6 nitrogen and oxygen atoms in total. The molecular formula is C15H20N4O2. The van der Waals surface area contributed by atoms with Gasteiger partial charge in [0, 0.05) is 0 Å². The first kappa shape index (κ1) is 15.2. The Morgan fingerprint density at radius 1 is 1.33 bits per heavy atom. The number of aromatic nitrogens is 3. The smallest absolute Gasteiger partial charge is 0.291 e. The summed E-state index contributed by atoms with van der Waals surface area (Å²) >= 11 is 0. The molecule has 2 rings (SSSR count). The van der Waals surface area contributed by atoms with Crippen LogP contribution in [0.4, 0.5) is 0 Å². The lowest BCUT2D eigenvalue weighted by Gasteiger charge is -2.17. The van der Waals surface area contributed by atoms with Gasteiger partial charge in [-0.2, -0.15) is 0 Å². The molecule has 1 amide bonds. The monoisotopic (exact) mass is 288 g/mol. The number of aliphatic hydroxyl groups excluding tert-OH is 1. The predicted molar refractivity (Wildman–Crippen MR) is 79.2 cm³/mol. The molecule has 0 saturated heterocycles. The van der Waals surface area contributed by atoms with Crippen LogP contribution in [0.25, 0.3) is 5.69 Å². The maximum Gasteiger partial charge on any atom is 0.291 e. The Hall–Kier alpha value is -2.21. The fourth-order valence-electron chi connectivity index (χ4n) is 2.07. The van der Waals surface area contributed by atoms with E-state index in [4.69, 9.17) is 0 Å². The summed E-state index contributed by atoms with van der Waals surface area (Å²) in [6.45, 7) is 3.98. The number of benzene rings is 1. The minimum atomic E-state index is -0.371. The van der Waals surface area contributed by atoms with Gasteiger partial charge < -0.3 is 10.4 Å². The number of rotatable bonds is 6. The number of para-hydroxylation sites is 1. The van der Waals surface area contributed by atoms with Crippen LogP contribution in [0.3, 0.4) is 0 Å². The predicted octanol–water partition coefficient (Wildman–Crippen LogP) is 1.40. The molecule has 0 radical (unpaired) electrons. The quantitative estimate of drug-likeness (QED) is 0.842. The number of hydrogen-bond acceptors (Lipinski definition) is 4. The topological polar surface area (TPSA) is 80.0 Å². The first-order valence-electron chi connectivity index (χ1n) is 6.99. The van der Waals surface area contributed by atoms with Gasteiger partial charge in [0.25, 0.3) is 5.91 Å². The zero-order valence-electron chi connectivity index (χ0n) is 12.2. The fourth-order valence-corrected chi connectivity index (χ4v) is 2.07. The van der Waals surface area contributed by atoms with Gasteiger partial charge in [-0.3, -0.25) is 4.79 Å². The second kappa shape index (κ2) is 6.99. The highest BCUT2D eigenvalue weighted by Gasteiger charge is 2.17. The van der Waals surface area contributed by atoms with Crippen LogP contribution >= 0.6 is 0 Å². The maximum atomic E-state index is 12.1. The van der Waals surface area contributed by atoms with Gasteiger partial charge in [0.15, 0.2) is 0 Å². The Bertz CT molecular complexity index is 580. The molecule has 0 saturated carbocycles. The summed E-state index contributed by atoms with van der Waals surface area (Å²) in [6.07, 6.45) is 2.21. The van der Waals surface area contributed by atoms with E-state index in [9.17, 15) is 9.90 Å². The van der Waals surface area contributed by atoms with Gasteiger partial charge in [0.05, 0.1) is 18.3 Å². The summed E-state index contributed by atoms with van der Waals surface area (Å²) in [4.78, 5) is 16.1. The Balaban J connectivity index is 2.05. The van der Waals surface area contributed by atoms with Crippen molar-refractivity contribution in [3.63, 3.8) is 0 Å². The molecule has 1 aromatic heterocycles. The highest BCUT2D eigenvalue weighted by Crippen LogP contribution is 2.07. The zero-order valence-corrected chi connectivity index (χ0v) is 12.2. The number of nitrogens with zero attached hydrogens (tertiary/aromatic N) is 3. The molecule has 6 heteroatoms. The van der Waals surface area contributed by atoms with Crippen LogP contribution in [0.5, 0.6) is 0 Å². The normalized spacial score (nSPS) is 12.4. The summed E-state index contributed by atoms with van der Waals surface area (Å²) in [7, 11) is 0. The minimum Gasteiger partial charge on any atom is -0.394 e. The first-order valence-corrected chi connectivity index (χ1v) is 6.99. The number of carbonyl (C=O) groups is 1. The van der Waals surface area contributed by atoms with Gasteiger partial charge in [0.1, 0.15) is 6.33 Å². The van der Waals surface area contributed by atoms with Crippen molar-refractivity contribution in [1.82, 2.24) is 20.1 Å². The average Bonchev–Trinajstić information content (AvgIpc) is 2.97. The van der Waals surface area contributed by atoms with E-state index < -0.39 is 0 Å². The van der Waals surface area contributed by atoms with Crippen molar-refractivity contribution >= 4 is 5.91 Å². The van der Waals surface area contributed by atoms with E-state index in [0.717, 1.165) is 5.69 Å². The molecule has 1 atom stereocenters.